The molecule has 3 heterocycles. The molecule has 0 radical (unpaired) electrons. The Morgan fingerprint density at radius 1 is 0.444 bits per heavy atom. The van der Waals surface area contributed by atoms with E-state index in [-0.39, 0.29) is 11.8 Å². The Kier molecular flexibility index (Phi) is 6.16. The Bertz CT molecular complexity index is 3310. The van der Waals surface area contributed by atoms with Crippen molar-refractivity contribution in [3.63, 3.8) is 0 Å². The van der Waals surface area contributed by atoms with E-state index in [9.17, 15) is 0 Å². The summed E-state index contributed by atoms with van der Waals surface area (Å²) in [5, 5.41) is 12.8. The van der Waals surface area contributed by atoms with Gasteiger partial charge in [-0.15, -0.1) is 0 Å². The third kappa shape index (κ3) is 3.88. The second-order valence-corrected chi connectivity index (χ2v) is 14.9. The monoisotopic (exact) mass is 689 g/mol. The lowest BCUT2D eigenvalue weighted by molar-refractivity contribution is 0.609. The van der Waals surface area contributed by atoms with Crippen LogP contribution < -0.4 is 0 Å². The quantitative estimate of drug-likeness (QED) is 0.176. The second-order valence-electron chi connectivity index (χ2n) is 14.9. The number of rotatable bonds is 3. The Morgan fingerprint density at radius 3 is 1.65 bits per heavy atom. The summed E-state index contributed by atoms with van der Waals surface area (Å²) in [5.74, 6) is 1.38. The number of aromatic nitrogens is 2. The van der Waals surface area contributed by atoms with Gasteiger partial charge in [-0.05, 0) is 92.3 Å². The van der Waals surface area contributed by atoms with Gasteiger partial charge >= 0.3 is 0 Å². The van der Waals surface area contributed by atoms with Gasteiger partial charge < -0.3 is 4.57 Å². The Morgan fingerprint density at radius 2 is 0.981 bits per heavy atom. The molecule has 2 unspecified atom stereocenters. The first-order valence-electron chi connectivity index (χ1n) is 19.1. The van der Waals surface area contributed by atoms with Crippen LogP contribution in [0.3, 0.4) is 0 Å². The number of fused-ring (bicyclic) bond motifs is 6. The molecule has 0 amide bonds. The molecule has 0 aliphatic carbocycles. The average Bonchev–Trinajstić information content (AvgIpc) is 3.76. The summed E-state index contributed by atoms with van der Waals surface area (Å²) in [6.45, 7) is 2.35. The average molecular weight is 690 g/mol. The lowest BCUT2D eigenvalue weighted by Crippen LogP contribution is -2.29. The van der Waals surface area contributed by atoms with Gasteiger partial charge in [0.25, 0.3) is 0 Å². The summed E-state index contributed by atoms with van der Waals surface area (Å²) in [4.78, 5) is 5.78. The number of para-hydroxylation sites is 1. The van der Waals surface area contributed by atoms with Crippen molar-refractivity contribution in [1.29, 1.82) is 0 Å². The van der Waals surface area contributed by atoms with Crippen LogP contribution in [0.25, 0.3) is 81.6 Å². The van der Waals surface area contributed by atoms with E-state index >= 15 is 0 Å². The lowest BCUT2D eigenvalue weighted by Gasteiger charge is -2.35. The normalized spacial score (nSPS) is 16.1. The first-order chi connectivity index (χ1) is 26.8. The van der Waals surface area contributed by atoms with Gasteiger partial charge in [0.2, 0.25) is 0 Å². The van der Waals surface area contributed by atoms with Crippen LogP contribution in [0.1, 0.15) is 36.3 Å². The zero-order valence-corrected chi connectivity index (χ0v) is 29.9. The number of aliphatic imine (C=N–C) groups is 1. The van der Waals surface area contributed by atoms with Crippen LogP contribution in [0.5, 0.6) is 0 Å². The third-order valence-corrected chi connectivity index (χ3v) is 12.3. The Balaban J connectivity index is 1.31. The minimum absolute atomic E-state index is 0.0475. The number of benzene rings is 8. The molecule has 11 aromatic rings. The standard InChI is InChI=1S/C51H35N3/c1-2-34-45(32-16-5-3-6-17-32)51(52-40-28-27-31-15-9-10-20-35(31)46(34)40)54-42-26-14-24-39-37-22-12-11-21-36(37)38-23-13-25-41-47(38)49-43(29-30-44(54)50(49)48(39)42)53(41)33-18-7-4-8-19-33/h3-30,34,45H,2H2,1H3. The summed E-state index contributed by atoms with van der Waals surface area (Å²) in [6.07, 6.45) is 0.994. The van der Waals surface area contributed by atoms with Crippen LogP contribution in [0.2, 0.25) is 0 Å². The maximum atomic E-state index is 5.78. The van der Waals surface area contributed by atoms with E-state index in [4.69, 9.17) is 4.99 Å². The molecule has 254 valence electrons. The van der Waals surface area contributed by atoms with E-state index in [1.54, 1.807) is 0 Å². The van der Waals surface area contributed by atoms with Crippen LogP contribution in [0.4, 0.5) is 5.69 Å². The number of hydrogen-bond acceptors (Lipinski definition) is 1. The minimum atomic E-state index is 0.0475. The lowest BCUT2D eigenvalue weighted by atomic mass is 9.75. The zero-order chi connectivity index (χ0) is 35.5. The Hall–Kier alpha value is -6.71. The molecule has 54 heavy (non-hydrogen) atoms. The largest absolute Gasteiger partial charge is 0.309 e. The third-order valence-electron chi connectivity index (χ3n) is 12.3. The highest BCUT2D eigenvalue weighted by atomic mass is 15.1. The molecular formula is C51H35N3. The predicted octanol–water partition coefficient (Wildman–Crippen LogP) is 13.7. The molecule has 1 aliphatic rings. The van der Waals surface area contributed by atoms with E-state index in [2.05, 4.69) is 186 Å². The van der Waals surface area contributed by atoms with Crippen LogP contribution in [0, 0.1) is 0 Å². The molecule has 3 nitrogen and oxygen atoms in total. The van der Waals surface area contributed by atoms with Crippen molar-refractivity contribution >= 4 is 87.5 Å². The molecule has 0 saturated heterocycles. The molecule has 9 aromatic carbocycles. The van der Waals surface area contributed by atoms with Gasteiger partial charge in [0.1, 0.15) is 5.84 Å². The van der Waals surface area contributed by atoms with Gasteiger partial charge in [-0.2, -0.15) is 0 Å². The molecule has 0 saturated carbocycles. The molecule has 0 fully saturated rings. The van der Waals surface area contributed by atoms with Crippen LogP contribution in [-0.4, -0.2) is 15.0 Å². The van der Waals surface area contributed by atoms with E-state index in [1.165, 1.54) is 92.7 Å². The van der Waals surface area contributed by atoms with Gasteiger partial charge in [0.15, 0.2) is 0 Å². The molecule has 12 rings (SSSR count). The summed E-state index contributed by atoms with van der Waals surface area (Å²) in [5.41, 5.74) is 9.74. The van der Waals surface area contributed by atoms with Gasteiger partial charge in [0, 0.05) is 39.1 Å². The van der Waals surface area contributed by atoms with Crippen molar-refractivity contribution in [2.24, 2.45) is 4.99 Å². The van der Waals surface area contributed by atoms with Crippen LogP contribution in [-0.2, 0) is 0 Å². The highest BCUT2D eigenvalue weighted by molar-refractivity contribution is 6.40. The summed E-state index contributed by atoms with van der Waals surface area (Å²) < 4.78 is 5.00. The zero-order valence-electron chi connectivity index (χ0n) is 29.9. The van der Waals surface area contributed by atoms with Crippen LogP contribution >= 0.6 is 0 Å². The van der Waals surface area contributed by atoms with Crippen LogP contribution in [0.15, 0.2) is 175 Å². The summed E-state index contributed by atoms with van der Waals surface area (Å²) >= 11 is 0. The van der Waals surface area contributed by atoms with Gasteiger partial charge in [-0.25, -0.2) is 4.99 Å². The molecule has 3 heteroatoms. The molecule has 0 bridgehead atoms. The minimum Gasteiger partial charge on any atom is -0.309 e. The number of hydrogen-bond donors (Lipinski definition) is 0. The second kappa shape index (κ2) is 11.1. The van der Waals surface area contributed by atoms with E-state index in [0.717, 1.165) is 17.9 Å². The molecule has 1 aliphatic heterocycles. The van der Waals surface area contributed by atoms with Gasteiger partial charge in [0.05, 0.1) is 27.8 Å². The van der Waals surface area contributed by atoms with Crippen molar-refractivity contribution in [2.45, 2.75) is 25.2 Å². The highest BCUT2D eigenvalue weighted by Crippen LogP contribution is 2.52. The van der Waals surface area contributed by atoms with Crippen molar-refractivity contribution in [2.75, 3.05) is 0 Å². The molecule has 2 aromatic heterocycles. The summed E-state index contributed by atoms with van der Waals surface area (Å²) in [6, 6.07) is 62.8. The van der Waals surface area contributed by atoms with Crippen molar-refractivity contribution in [3.05, 3.63) is 181 Å². The predicted molar refractivity (Wildman–Crippen MR) is 229 cm³/mol. The molecular weight excluding hydrogens is 655 g/mol. The first-order valence-corrected chi connectivity index (χ1v) is 19.1. The fourth-order valence-corrected chi connectivity index (χ4v) is 10.2. The topological polar surface area (TPSA) is 22.2 Å². The smallest absolute Gasteiger partial charge is 0.122 e. The maximum Gasteiger partial charge on any atom is 0.122 e. The van der Waals surface area contributed by atoms with Gasteiger partial charge in [-0.1, -0.05) is 134 Å². The van der Waals surface area contributed by atoms with Crippen molar-refractivity contribution < 1.29 is 0 Å². The van der Waals surface area contributed by atoms with E-state index in [0.29, 0.717) is 0 Å². The van der Waals surface area contributed by atoms with Gasteiger partial charge in [-0.3, -0.25) is 4.57 Å². The van der Waals surface area contributed by atoms with Crippen molar-refractivity contribution in [1.82, 2.24) is 9.13 Å². The highest BCUT2D eigenvalue weighted by Gasteiger charge is 2.37. The fourth-order valence-electron chi connectivity index (χ4n) is 10.2. The van der Waals surface area contributed by atoms with Crippen molar-refractivity contribution in [3.8, 4) is 5.69 Å². The first kappa shape index (κ1) is 29.8. The van der Waals surface area contributed by atoms with E-state index in [1.807, 2.05) is 0 Å². The number of nitrogens with zero attached hydrogens (tertiary/aromatic N) is 3. The molecule has 0 N–H and O–H groups in total. The van der Waals surface area contributed by atoms with E-state index < -0.39 is 0 Å². The molecule has 2 atom stereocenters. The fraction of sp³-hybridized carbons (Fsp3) is 0.0784. The Labute approximate surface area is 312 Å². The SMILES string of the molecule is CCC1c2c(ccc3ccccc23)N=C(n2c3cccc4c5ccccc5c5cccc6c5c5c(c43)c2ccc5n6-c2ccccc2)C1c1ccccc1. The molecule has 0 spiro atoms. The summed E-state index contributed by atoms with van der Waals surface area (Å²) in [7, 11) is 0. The maximum absolute atomic E-state index is 5.78.